The summed E-state index contributed by atoms with van der Waals surface area (Å²) in [5.41, 5.74) is 12.2. The number of nitrogens with zero attached hydrogens (tertiary/aromatic N) is 1. The molecule has 0 aromatic heterocycles. The van der Waals surface area contributed by atoms with Gasteiger partial charge in [-0.05, 0) is 89.5 Å². The molecule has 5 heteroatoms. The molecule has 0 unspecified atom stereocenters. The number of hydrogen-bond donors (Lipinski definition) is 1. The third-order valence-corrected chi connectivity index (χ3v) is 10.3. The molecule has 0 amide bonds. The topological polar surface area (TPSA) is 21.7 Å². The maximum atomic E-state index is 7.00. The maximum absolute atomic E-state index is 7.00. The zero-order valence-corrected chi connectivity index (χ0v) is 28.8. The lowest BCUT2D eigenvalue weighted by Crippen LogP contribution is -2.57. The molecule has 2 aliphatic rings. The molecule has 2 heterocycles. The molecule has 0 saturated carbocycles. The summed E-state index contributed by atoms with van der Waals surface area (Å²) >= 11 is 5.12. The second kappa shape index (κ2) is 12.4. The van der Waals surface area contributed by atoms with Crippen molar-refractivity contribution in [2.45, 2.75) is 24.7 Å². The minimum atomic E-state index is -0.0379. The summed E-state index contributed by atoms with van der Waals surface area (Å²) in [4.78, 5) is 3.23. The average Bonchev–Trinajstić information content (AvgIpc) is 3.15. The van der Waals surface area contributed by atoms with Gasteiger partial charge in [0.25, 0.3) is 6.71 Å². The average molecular weight is 664 g/mol. The van der Waals surface area contributed by atoms with E-state index in [-0.39, 0.29) is 12.6 Å². The molecular formula is C45H34BNO2S. The summed E-state index contributed by atoms with van der Waals surface area (Å²) < 4.78 is 13.6. The van der Waals surface area contributed by atoms with E-state index in [2.05, 4.69) is 164 Å². The zero-order chi connectivity index (χ0) is 33.8. The van der Waals surface area contributed by atoms with E-state index in [4.69, 9.17) is 22.1 Å². The van der Waals surface area contributed by atoms with Crippen molar-refractivity contribution in [2.24, 2.45) is 0 Å². The van der Waals surface area contributed by atoms with Gasteiger partial charge in [-0.3, -0.25) is 0 Å². The van der Waals surface area contributed by atoms with Gasteiger partial charge in [0.15, 0.2) is 0 Å². The van der Waals surface area contributed by atoms with Crippen LogP contribution in [0.5, 0.6) is 23.0 Å². The van der Waals surface area contributed by atoms with Crippen LogP contribution in [-0.4, -0.2) is 6.71 Å². The molecule has 0 radical (unpaired) electrons. The van der Waals surface area contributed by atoms with Crippen molar-refractivity contribution in [3.63, 3.8) is 0 Å². The van der Waals surface area contributed by atoms with Gasteiger partial charge in [0, 0.05) is 16.3 Å². The van der Waals surface area contributed by atoms with Gasteiger partial charge in [0.1, 0.15) is 23.0 Å². The van der Waals surface area contributed by atoms with Crippen LogP contribution in [0.4, 0.5) is 17.1 Å². The minimum absolute atomic E-state index is 0.0257. The van der Waals surface area contributed by atoms with Crippen molar-refractivity contribution >= 4 is 52.8 Å². The number of rotatable bonds is 6. The number of hydrogen-bond acceptors (Lipinski definition) is 4. The Morgan fingerprint density at radius 1 is 0.520 bits per heavy atom. The van der Waals surface area contributed by atoms with Crippen LogP contribution in [0.3, 0.4) is 0 Å². The smallest absolute Gasteiger partial charge is 0.260 e. The molecule has 9 rings (SSSR count). The Morgan fingerprint density at radius 3 is 1.70 bits per heavy atom. The number of fused-ring (bicyclic) bond motifs is 4. The fourth-order valence-electron chi connectivity index (χ4n) is 7.71. The predicted molar refractivity (Wildman–Crippen MR) is 209 cm³/mol. The lowest BCUT2D eigenvalue weighted by Gasteiger charge is -2.37. The molecular weight excluding hydrogens is 629 g/mol. The minimum Gasteiger partial charge on any atom is -0.458 e. The molecule has 0 fully saturated rings. The molecule has 0 atom stereocenters. The maximum Gasteiger partial charge on any atom is 0.260 e. The molecule has 2 aliphatic heterocycles. The summed E-state index contributed by atoms with van der Waals surface area (Å²) in [6.45, 7) is 4.24. The van der Waals surface area contributed by atoms with E-state index >= 15 is 0 Å². The third kappa shape index (κ3) is 5.08. The van der Waals surface area contributed by atoms with E-state index in [1.807, 2.05) is 12.1 Å². The first-order valence-electron chi connectivity index (χ1n) is 17.1. The monoisotopic (exact) mass is 663 g/mol. The van der Waals surface area contributed by atoms with Crippen molar-refractivity contribution in [3.05, 3.63) is 186 Å². The Kier molecular flexibility index (Phi) is 7.51. The molecule has 3 nitrogen and oxygen atoms in total. The molecule has 7 aromatic carbocycles. The first kappa shape index (κ1) is 30.4. The number of benzene rings is 7. The highest BCUT2D eigenvalue weighted by molar-refractivity contribution is 7.80. The molecule has 0 N–H and O–H groups in total. The fourth-order valence-corrected chi connectivity index (χ4v) is 8.09. The molecule has 7 aromatic rings. The van der Waals surface area contributed by atoms with Crippen molar-refractivity contribution in [3.8, 4) is 23.0 Å². The van der Waals surface area contributed by atoms with Crippen molar-refractivity contribution in [1.82, 2.24) is 0 Å². The van der Waals surface area contributed by atoms with Crippen LogP contribution < -0.4 is 30.8 Å². The first-order valence-corrected chi connectivity index (χ1v) is 17.5. The van der Waals surface area contributed by atoms with E-state index in [9.17, 15) is 0 Å². The number of anilines is 3. The van der Waals surface area contributed by atoms with Crippen molar-refractivity contribution in [1.29, 1.82) is 0 Å². The first-order chi connectivity index (χ1) is 24.5. The molecule has 50 heavy (non-hydrogen) atoms. The van der Waals surface area contributed by atoms with E-state index in [0.29, 0.717) is 0 Å². The summed E-state index contributed by atoms with van der Waals surface area (Å²) in [6.07, 6.45) is 0. The van der Waals surface area contributed by atoms with Gasteiger partial charge in [-0.1, -0.05) is 121 Å². The van der Waals surface area contributed by atoms with E-state index < -0.39 is 0 Å². The summed E-state index contributed by atoms with van der Waals surface area (Å²) in [7, 11) is 0. The Bertz CT molecular complexity index is 2340. The Labute approximate surface area is 299 Å². The van der Waals surface area contributed by atoms with Crippen LogP contribution in [0.15, 0.2) is 163 Å². The largest absolute Gasteiger partial charge is 0.458 e. The van der Waals surface area contributed by atoms with Gasteiger partial charge in [-0.25, -0.2) is 0 Å². The van der Waals surface area contributed by atoms with E-state index in [1.54, 1.807) is 0 Å². The second-order valence-corrected chi connectivity index (χ2v) is 13.7. The van der Waals surface area contributed by atoms with Crippen molar-refractivity contribution < 1.29 is 9.47 Å². The highest BCUT2D eigenvalue weighted by Gasteiger charge is 2.42. The predicted octanol–water partition coefficient (Wildman–Crippen LogP) is 9.97. The van der Waals surface area contributed by atoms with Gasteiger partial charge < -0.3 is 14.4 Å². The van der Waals surface area contributed by atoms with Crippen LogP contribution in [0.1, 0.15) is 33.7 Å². The van der Waals surface area contributed by atoms with Crippen LogP contribution in [-0.2, 0) is 0 Å². The number of para-hydroxylation sites is 2. The molecule has 0 aliphatic carbocycles. The van der Waals surface area contributed by atoms with Gasteiger partial charge in [-0.2, -0.15) is 0 Å². The standard InChI is InChI=1S/C45H34BNO2S/c1-29-21-23-36(33(27-29)43(31-13-5-3-6-14-31)32-15-7-4-8-16-32)47(37-24-22-30(2)28-42(37)50)38-25-26-41-44-45(38)49-40-20-12-10-18-35(40)46(44)34-17-9-11-19-39(34)48-41/h3-28,43,50H,1-2H3. The Morgan fingerprint density at radius 2 is 1.06 bits per heavy atom. The van der Waals surface area contributed by atoms with Gasteiger partial charge in [-0.15, -0.1) is 12.6 Å². The zero-order valence-electron chi connectivity index (χ0n) is 27.9. The van der Waals surface area contributed by atoms with Crippen LogP contribution in [0, 0.1) is 13.8 Å². The highest BCUT2D eigenvalue weighted by Crippen LogP contribution is 2.50. The van der Waals surface area contributed by atoms with Crippen LogP contribution >= 0.6 is 12.6 Å². The van der Waals surface area contributed by atoms with E-state index in [1.165, 1.54) is 22.3 Å². The van der Waals surface area contributed by atoms with Gasteiger partial charge in [0.2, 0.25) is 0 Å². The lowest BCUT2D eigenvalue weighted by molar-refractivity contribution is 0.465. The van der Waals surface area contributed by atoms with E-state index in [0.717, 1.165) is 66.9 Å². The van der Waals surface area contributed by atoms with Crippen LogP contribution in [0.25, 0.3) is 0 Å². The third-order valence-electron chi connectivity index (χ3n) is 9.93. The fraction of sp³-hybridized carbons (Fsp3) is 0.0667. The normalized spacial score (nSPS) is 12.4. The van der Waals surface area contributed by atoms with Gasteiger partial charge in [0.05, 0.1) is 17.1 Å². The highest BCUT2D eigenvalue weighted by atomic mass is 32.1. The molecule has 0 bridgehead atoms. The Balaban J connectivity index is 1.34. The summed E-state index contributed by atoms with van der Waals surface area (Å²) in [5.74, 6) is 3.31. The SMILES string of the molecule is Cc1ccc(N(c2ccc(C)cc2C(c2ccccc2)c2ccccc2)c2ccc3c4c2Oc2ccccc2B4c2ccccc2O3)c(S)c1. The molecule has 0 saturated heterocycles. The quantitative estimate of drug-likeness (QED) is 0.109. The van der Waals surface area contributed by atoms with Crippen molar-refractivity contribution in [2.75, 3.05) is 4.90 Å². The summed E-state index contributed by atoms with van der Waals surface area (Å²) in [6, 6.07) is 55.8. The molecule has 240 valence electrons. The van der Waals surface area contributed by atoms with Gasteiger partial charge >= 0.3 is 0 Å². The number of thiol groups is 1. The second-order valence-electron chi connectivity index (χ2n) is 13.2. The Hall–Kier alpha value is -5.65. The summed E-state index contributed by atoms with van der Waals surface area (Å²) in [5, 5.41) is 0. The van der Waals surface area contributed by atoms with Crippen LogP contribution in [0.2, 0.25) is 0 Å². The number of aryl methyl sites for hydroxylation is 2. The lowest BCUT2D eigenvalue weighted by atomic mass is 9.35. The number of ether oxygens (including phenoxy) is 2. The molecule has 0 spiro atoms.